The first-order chi connectivity index (χ1) is 29.1. The molecule has 5 N–H and O–H groups in total. The summed E-state index contributed by atoms with van der Waals surface area (Å²) in [5, 5.41) is 13.6. The summed E-state index contributed by atoms with van der Waals surface area (Å²) in [5.41, 5.74) is 4.22. The highest BCUT2D eigenvalue weighted by Gasteiger charge is 2.28. The number of carbonyl (C=O) groups excluding carboxylic acids is 5. The molecule has 0 aromatic heterocycles. The third-order valence-corrected chi connectivity index (χ3v) is 9.38. The van der Waals surface area contributed by atoms with Gasteiger partial charge < -0.3 is 36.1 Å². The average molecular weight is 812 g/mol. The van der Waals surface area contributed by atoms with Crippen molar-refractivity contribution in [1.29, 1.82) is 0 Å². The Balaban J connectivity index is 1.08. The molecule has 0 radical (unpaired) electrons. The lowest BCUT2D eigenvalue weighted by molar-refractivity contribution is -0.132. The van der Waals surface area contributed by atoms with Crippen molar-refractivity contribution < 1.29 is 33.4 Å². The molecule has 0 bridgehead atoms. The number of hydrogen-bond acceptors (Lipinski definition) is 7. The molecule has 0 aliphatic heterocycles. The monoisotopic (exact) mass is 811 g/mol. The van der Waals surface area contributed by atoms with Crippen LogP contribution in [-0.4, -0.2) is 61.3 Å². The molecule has 0 saturated heterocycles. The van der Waals surface area contributed by atoms with E-state index in [-0.39, 0.29) is 31.3 Å². The molecule has 2 atom stereocenters. The summed E-state index contributed by atoms with van der Waals surface area (Å²) < 4.78 is 11.6. The van der Waals surface area contributed by atoms with E-state index >= 15 is 0 Å². The molecular weight excluding hydrogens is 759 g/mol. The van der Waals surface area contributed by atoms with Crippen LogP contribution in [0.1, 0.15) is 52.9 Å². The number of benzene rings is 5. The smallest absolute Gasteiger partial charge is 0.251 e. The van der Waals surface area contributed by atoms with Crippen LogP contribution in [0.4, 0.5) is 0 Å². The van der Waals surface area contributed by atoms with Crippen molar-refractivity contribution in [1.82, 2.24) is 26.6 Å². The molecule has 5 rings (SSSR count). The van der Waals surface area contributed by atoms with Gasteiger partial charge in [0.2, 0.25) is 23.6 Å². The first kappa shape index (κ1) is 44.2. The lowest BCUT2D eigenvalue weighted by Crippen LogP contribution is -2.56. The quantitative estimate of drug-likeness (QED) is 0.0633. The number of ether oxygens (including phenoxy) is 2. The van der Waals surface area contributed by atoms with Crippen LogP contribution in [0.25, 0.3) is 0 Å². The maximum absolute atomic E-state index is 13.8. The average Bonchev–Trinajstić information content (AvgIpc) is 3.27. The van der Waals surface area contributed by atoms with Crippen molar-refractivity contribution in [2.24, 2.45) is 5.92 Å². The van der Waals surface area contributed by atoms with Gasteiger partial charge in [-0.25, -0.2) is 0 Å². The van der Waals surface area contributed by atoms with Gasteiger partial charge in [-0.1, -0.05) is 117 Å². The van der Waals surface area contributed by atoms with E-state index in [0.717, 1.165) is 28.0 Å². The second-order valence-electron chi connectivity index (χ2n) is 14.7. The first-order valence-corrected chi connectivity index (χ1v) is 20.1. The van der Waals surface area contributed by atoms with Gasteiger partial charge in [0.1, 0.15) is 36.8 Å². The molecule has 0 unspecified atom stereocenters. The van der Waals surface area contributed by atoms with E-state index in [9.17, 15) is 24.0 Å². The lowest BCUT2D eigenvalue weighted by atomic mass is 10.0. The maximum Gasteiger partial charge on any atom is 0.251 e. The summed E-state index contributed by atoms with van der Waals surface area (Å²) in [6, 6.07) is 41.0. The fraction of sp³-hybridized carbons (Fsp3) is 0.271. The lowest BCUT2D eigenvalue weighted by Gasteiger charge is -2.24. The summed E-state index contributed by atoms with van der Waals surface area (Å²) in [7, 11) is 0. The van der Waals surface area contributed by atoms with E-state index < -0.39 is 35.7 Å². The molecule has 0 heterocycles. The summed E-state index contributed by atoms with van der Waals surface area (Å²) in [4.78, 5) is 65.8. The number of rotatable bonds is 22. The fourth-order valence-corrected chi connectivity index (χ4v) is 6.18. The Morgan fingerprint density at radius 1 is 0.500 bits per heavy atom. The van der Waals surface area contributed by atoms with Crippen LogP contribution in [0.15, 0.2) is 140 Å². The first-order valence-electron chi connectivity index (χ1n) is 20.1. The summed E-state index contributed by atoms with van der Waals surface area (Å²) in [5.74, 6) is -1.17. The molecule has 0 aliphatic carbocycles. The number of nitrogens with one attached hydrogen (secondary N) is 5. The minimum atomic E-state index is -1.06. The minimum Gasteiger partial charge on any atom is -0.489 e. The molecule has 0 saturated carbocycles. The second-order valence-corrected chi connectivity index (χ2v) is 14.7. The molecule has 312 valence electrons. The van der Waals surface area contributed by atoms with E-state index in [4.69, 9.17) is 9.47 Å². The van der Waals surface area contributed by atoms with Gasteiger partial charge in [0, 0.05) is 18.5 Å². The summed E-state index contributed by atoms with van der Waals surface area (Å²) in [6.45, 7) is 4.39. The van der Waals surface area contributed by atoms with E-state index in [1.54, 1.807) is 24.3 Å². The van der Waals surface area contributed by atoms with Gasteiger partial charge in [-0.3, -0.25) is 24.0 Å². The fourth-order valence-electron chi connectivity index (χ4n) is 6.18. The van der Waals surface area contributed by atoms with Crippen LogP contribution in [0.2, 0.25) is 0 Å². The Morgan fingerprint density at radius 3 is 1.57 bits per heavy atom. The molecule has 5 aromatic carbocycles. The predicted molar refractivity (Wildman–Crippen MR) is 230 cm³/mol. The Hall–Kier alpha value is -6.95. The molecule has 5 amide bonds. The SMILES string of the molecule is CC(C)C[C@H](NC(=O)[C@H](Cc1ccccc1)NC(=O)CNC(=O)c1ccc(OCc2ccccc2)cc1)C(=O)NCC(=O)NCCc1ccc(OCc2ccccc2)cc1. The van der Waals surface area contributed by atoms with Gasteiger partial charge in [-0.15, -0.1) is 0 Å². The number of hydrogen-bond donors (Lipinski definition) is 5. The highest BCUT2D eigenvalue weighted by molar-refractivity contribution is 5.97. The van der Waals surface area contributed by atoms with Gasteiger partial charge in [-0.05, 0) is 77.4 Å². The van der Waals surface area contributed by atoms with Gasteiger partial charge in [0.15, 0.2) is 0 Å². The third-order valence-electron chi connectivity index (χ3n) is 9.38. The Labute approximate surface area is 351 Å². The molecular formula is C48H53N5O7. The number of carbonyl (C=O) groups is 5. The maximum atomic E-state index is 13.8. The molecule has 12 heteroatoms. The van der Waals surface area contributed by atoms with Gasteiger partial charge in [-0.2, -0.15) is 0 Å². The Morgan fingerprint density at radius 2 is 1.02 bits per heavy atom. The van der Waals surface area contributed by atoms with E-state index in [0.29, 0.717) is 43.9 Å². The molecule has 12 nitrogen and oxygen atoms in total. The van der Waals surface area contributed by atoms with E-state index in [1.807, 2.05) is 129 Å². The zero-order valence-corrected chi connectivity index (χ0v) is 34.0. The van der Waals surface area contributed by atoms with Crippen LogP contribution in [0.3, 0.4) is 0 Å². The van der Waals surface area contributed by atoms with Crippen molar-refractivity contribution in [2.75, 3.05) is 19.6 Å². The van der Waals surface area contributed by atoms with Gasteiger partial charge >= 0.3 is 0 Å². The highest BCUT2D eigenvalue weighted by Crippen LogP contribution is 2.16. The molecule has 60 heavy (non-hydrogen) atoms. The van der Waals surface area contributed by atoms with Crippen LogP contribution in [0, 0.1) is 5.92 Å². The van der Waals surface area contributed by atoms with Crippen molar-refractivity contribution in [3.05, 3.63) is 167 Å². The van der Waals surface area contributed by atoms with Crippen LogP contribution < -0.4 is 36.1 Å². The van der Waals surface area contributed by atoms with Crippen molar-refractivity contribution >= 4 is 29.5 Å². The molecule has 0 spiro atoms. The standard InChI is InChI=1S/C48H53N5O7/c1-34(2)28-42(47(57)51-30-44(54)49-27-26-35-18-22-40(23-19-35)59-32-37-14-8-4-9-15-37)53-48(58)43(29-36-12-6-3-7-13-36)52-45(55)31-50-46(56)39-20-24-41(25-21-39)60-33-38-16-10-5-11-17-38/h3-25,34,42-43H,26-33H2,1-2H3,(H,49,54)(H,50,56)(H,51,57)(H,52,55)(H,53,58)/t42-,43-/m0/s1. The third kappa shape index (κ3) is 15.4. The number of amides is 5. The van der Waals surface area contributed by atoms with Crippen LogP contribution in [-0.2, 0) is 45.2 Å². The van der Waals surface area contributed by atoms with E-state index in [2.05, 4.69) is 26.6 Å². The van der Waals surface area contributed by atoms with Crippen LogP contribution in [0.5, 0.6) is 11.5 Å². The summed E-state index contributed by atoms with van der Waals surface area (Å²) >= 11 is 0. The largest absolute Gasteiger partial charge is 0.489 e. The van der Waals surface area contributed by atoms with Crippen molar-refractivity contribution in [3.8, 4) is 11.5 Å². The molecule has 5 aromatic rings. The zero-order chi connectivity index (χ0) is 42.5. The van der Waals surface area contributed by atoms with Crippen molar-refractivity contribution in [3.63, 3.8) is 0 Å². The van der Waals surface area contributed by atoms with E-state index in [1.165, 1.54) is 0 Å². The Kier molecular flexibility index (Phi) is 17.3. The highest BCUT2D eigenvalue weighted by atomic mass is 16.5. The topological polar surface area (TPSA) is 164 Å². The second kappa shape index (κ2) is 23.5. The summed E-state index contributed by atoms with van der Waals surface area (Å²) in [6.07, 6.45) is 1.02. The molecule has 0 aliphatic rings. The van der Waals surface area contributed by atoms with Crippen LogP contribution >= 0.6 is 0 Å². The van der Waals surface area contributed by atoms with Crippen molar-refractivity contribution in [2.45, 2.75) is 58.4 Å². The normalized spacial score (nSPS) is 11.7. The van der Waals surface area contributed by atoms with Gasteiger partial charge in [0.25, 0.3) is 5.91 Å². The van der Waals surface area contributed by atoms with Gasteiger partial charge in [0.05, 0.1) is 13.1 Å². The zero-order valence-electron chi connectivity index (χ0n) is 34.0. The Bertz CT molecular complexity index is 2110. The minimum absolute atomic E-state index is 0.0203. The predicted octanol–water partition coefficient (Wildman–Crippen LogP) is 5.31. The molecule has 0 fully saturated rings.